The first-order valence-electron chi connectivity index (χ1n) is 18.9. The summed E-state index contributed by atoms with van der Waals surface area (Å²) in [5.74, 6) is 1.35. The molecule has 292 valence electrons. The van der Waals surface area contributed by atoms with Crippen LogP contribution < -0.4 is 19.5 Å². The summed E-state index contributed by atoms with van der Waals surface area (Å²) in [4.78, 5) is 29.8. The van der Waals surface area contributed by atoms with Gasteiger partial charge in [0.15, 0.2) is 17.6 Å². The summed E-state index contributed by atoms with van der Waals surface area (Å²) < 4.78 is 20.2. The van der Waals surface area contributed by atoms with E-state index in [4.69, 9.17) is 42.7 Å². The lowest BCUT2D eigenvalue weighted by molar-refractivity contribution is -0.126. The molecule has 58 heavy (non-hydrogen) atoms. The normalized spacial score (nSPS) is 16.2. The Balaban J connectivity index is 0.951. The van der Waals surface area contributed by atoms with Gasteiger partial charge in [0.25, 0.3) is 5.91 Å². The highest BCUT2D eigenvalue weighted by Crippen LogP contribution is 2.41. The number of carbonyl (C=O) groups is 2. The molecule has 8 rings (SSSR count). The van der Waals surface area contributed by atoms with Crippen molar-refractivity contribution in [3.8, 4) is 34.4 Å². The van der Waals surface area contributed by atoms with E-state index in [2.05, 4.69) is 16.5 Å². The number of ether oxygens (including phenoxy) is 3. The highest BCUT2D eigenvalue weighted by Gasteiger charge is 2.38. The first-order valence-corrected chi connectivity index (χ1v) is 19.7. The standard InChI is InChI=1S/C46H39Cl2N5O5/c1-28(19-29-3-8-32(9-4-29)33-10-5-30(24-49)6-11-33)51-45(54)41-21-35-22-42-43(23-36(35)25-53(41)46(55)40-17-18-50-52(40)2)58-44(27-57-42)34-12-14-37(15-13-34)56-26-31-7-16-38(47)39(48)20-31/h3-18,20,22-23,28,41,44H,19,21,25-27H2,1-2H3,(H,51,54). The molecule has 3 atom stereocenters. The molecular formula is C46H39Cl2N5O5. The number of hydrogen-bond donors (Lipinski definition) is 1. The minimum atomic E-state index is -0.760. The van der Waals surface area contributed by atoms with E-state index >= 15 is 0 Å². The quantitative estimate of drug-likeness (QED) is 0.147. The molecule has 0 aliphatic carbocycles. The Morgan fingerprint density at radius 3 is 2.29 bits per heavy atom. The summed E-state index contributed by atoms with van der Waals surface area (Å²) in [6, 6.07) is 35.4. The number of benzene rings is 5. The number of hydrogen-bond acceptors (Lipinski definition) is 7. The van der Waals surface area contributed by atoms with Gasteiger partial charge in [-0.2, -0.15) is 10.4 Å². The van der Waals surface area contributed by atoms with Gasteiger partial charge in [-0.1, -0.05) is 77.8 Å². The lowest BCUT2D eigenvalue weighted by Gasteiger charge is -2.37. The fraction of sp³-hybridized carbons (Fsp3) is 0.217. The van der Waals surface area contributed by atoms with E-state index in [1.165, 1.54) is 4.68 Å². The highest BCUT2D eigenvalue weighted by molar-refractivity contribution is 6.42. The second-order valence-corrected chi connectivity index (χ2v) is 15.4. The van der Waals surface area contributed by atoms with Crippen molar-refractivity contribution < 1.29 is 23.8 Å². The number of fused-ring (bicyclic) bond motifs is 2. The van der Waals surface area contributed by atoms with Gasteiger partial charge in [0.2, 0.25) is 5.91 Å². The maximum Gasteiger partial charge on any atom is 0.273 e. The molecule has 10 nitrogen and oxygen atoms in total. The van der Waals surface area contributed by atoms with E-state index in [0.29, 0.717) is 64.6 Å². The zero-order chi connectivity index (χ0) is 40.3. The fourth-order valence-electron chi connectivity index (χ4n) is 7.38. The van der Waals surface area contributed by atoms with Crippen LogP contribution in [0.4, 0.5) is 0 Å². The summed E-state index contributed by atoms with van der Waals surface area (Å²) in [5, 5.41) is 17.5. The van der Waals surface area contributed by atoms with Gasteiger partial charge in [0.1, 0.15) is 30.7 Å². The highest BCUT2D eigenvalue weighted by atomic mass is 35.5. The van der Waals surface area contributed by atoms with Crippen LogP contribution in [0.25, 0.3) is 11.1 Å². The minimum Gasteiger partial charge on any atom is -0.489 e. The lowest BCUT2D eigenvalue weighted by atomic mass is 9.91. The summed E-state index contributed by atoms with van der Waals surface area (Å²) in [6.45, 7) is 2.81. The fourth-order valence-corrected chi connectivity index (χ4v) is 7.70. The van der Waals surface area contributed by atoms with Gasteiger partial charge in [0, 0.05) is 32.3 Å². The Kier molecular flexibility index (Phi) is 11.1. The Bertz CT molecular complexity index is 2510. The minimum absolute atomic E-state index is 0.203. The van der Waals surface area contributed by atoms with Gasteiger partial charge >= 0.3 is 0 Å². The van der Waals surface area contributed by atoms with Crippen molar-refractivity contribution in [2.75, 3.05) is 6.61 Å². The Hall–Kier alpha value is -6.28. The number of aromatic nitrogens is 2. The molecule has 0 spiro atoms. The van der Waals surface area contributed by atoms with Gasteiger partial charge in [0.05, 0.1) is 21.7 Å². The van der Waals surface area contributed by atoms with E-state index in [9.17, 15) is 9.59 Å². The monoisotopic (exact) mass is 811 g/mol. The van der Waals surface area contributed by atoms with Crippen LogP contribution in [-0.4, -0.2) is 45.2 Å². The molecule has 0 saturated heterocycles. The van der Waals surface area contributed by atoms with Crippen molar-refractivity contribution in [2.45, 2.75) is 51.1 Å². The van der Waals surface area contributed by atoms with E-state index in [-0.39, 0.29) is 30.5 Å². The van der Waals surface area contributed by atoms with Gasteiger partial charge in [-0.15, -0.1) is 0 Å². The second-order valence-electron chi connectivity index (χ2n) is 14.6. The molecule has 0 saturated carbocycles. The molecule has 6 aromatic rings. The van der Waals surface area contributed by atoms with Crippen molar-refractivity contribution in [2.24, 2.45) is 7.05 Å². The molecule has 2 aliphatic rings. The molecule has 5 aromatic carbocycles. The number of aryl methyl sites for hydroxylation is 1. The largest absolute Gasteiger partial charge is 0.489 e. The van der Waals surface area contributed by atoms with Crippen LogP contribution in [0.5, 0.6) is 17.2 Å². The average molecular weight is 813 g/mol. The van der Waals surface area contributed by atoms with Crippen molar-refractivity contribution in [1.82, 2.24) is 20.0 Å². The average Bonchev–Trinajstić information content (AvgIpc) is 3.68. The molecule has 3 unspecified atom stereocenters. The predicted molar refractivity (Wildman–Crippen MR) is 221 cm³/mol. The van der Waals surface area contributed by atoms with Gasteiger partial charge < -0.3 is 24.4 Å². The molecule has 3 heterocycles. The van der Waals surface area contributed by atoms with Crippen molar-refractivity contribution >= 4 is 35.0 Å². The smallest absolute Gasteiger partial charge is 0.273 e. The summed E-state index contributed by atoms with van der Waals surface area (Å²) in [7, 11) is 1.71. The van der Waals surface area contributed by atoms with Crippen LogP contribution in [0.15, 0.2) is 115 Å². The molecule has 0 fully saturated rings. The maximum atomic E-state index is 14.1. The molecule has 2 aliphatic heterocycles. The Morgan fingerprint density at radius 1 is 0.897 bits per heavy atom. The zero-order valence-corrected chi connectivity index (χ0v) is 33.3. The second kappa shape index (κ2) is 16.7. The van der Waals surface area contributed by atoms with Crippen LogP contribution >= 0.6 is 23.2 Å². The molecule has 1 aromatic heterocycles. The zero-order valence-electron chi connectivity index (χ0n) is 31.8. The lowest BCUT2D eigenvalue weighted by Crippen LogP contribution is -2.54. The Labute approximate surface area is 346 Å². The summed E-state index contributed by atoms with van der Waals surface area (Å²) >= 11 is 12.2. The van der Waals surface area contributed by atoms with Crippen molar-refractivity contribution in [3.63, 3.8) is 0 Å². The van der Waals surface area contributed by atoms with Gasteiger partial charge in [-0.3, -0.25) is 14.3 Å². The van der Waals surface area contributed by atoms with Crippen LogP contribution in [0.1, 0.15) is 56.9 Å². The van der Waals surface area contributed by atoms with Crippen LogP contribution in [0.3, 0.4) is 0 Å². The number of halogens is 2. The first kappa shape index (κ1) is 38.6. The number of amides is 2. The van der Waals surface area contributed by atoms with Crippen molar-refractivity contribution in [1.29, 1.82) is 5.26 Å². The number of carbonyl (C=O) groups excluding carboxylic acids is 2. The summed E-state index contributed by atoms with van der Waals surface area (Å²) in [6.07, 6.45) is 2.12. The molecule has 0 bridgehead atoms. The van der Waals surface area contributed by atoms with Crippen LogP contribution in [0.2, 0.25) is 10.0 Å². The molecule has 0 radical (unpaired) electrons. The topological polar surface area (TPSA) is 119 Å². The first-order chi connectivity index (χ1) is 28.1. The Morgan fingerprint density at radius 2 is 1.60 bits per heavy atom. The van der Waals surface area contributed by atoms with E-state index in [0.717, 1.165) is 38.9 Å². The van der Waals surface area contributed by atoms with Gasteiger partial charge in [-0.05, 0) is 107 Å². The third-order valence-electron chi connectivity index (χ3n) is 10.5. The molecular weight excluding hydrogens is 773 g/mol. The van der Waals surface area contributed by atoms with E-state index < -0.39 is 6.04 Å². The third-order valence-corrected chi connectivity index (χ3v) is 11.3. The van der Waals surface area contributed by atoms with Gasteiger partial charge in [-0.25, -0.2) is 0 Å². The molecule has 12 heteroatoms. The van der Waals surface area contributed by atoms with Crippen LogP contribution in [0, 0.1) is 11.3 Å². The maximum absolute atomic E-state index is 14.1. The SMILES string of the molecule is CC(Cc1ccc(-c2ccc(C#N)cc2)cc1)NC(=O)C1Cc2cc3c(cc2CN1C(=O)c1ccnn1C)OC(c1ccc(OCc2ccc(Cl)c(Cl)c2)cc1)CO3. The number of nitrogens with one attached hydrogen (secondary N) is 1. The third kappa shape index (κ3) is 8.37. The van der Waals surface area contributed by atoms with E-state index in [1.54, 1.807) is 48.5 Å². The van der Waals surface area contributed by atoms with Crippen molar-refractivity contribution in [3.05, 3.63) is 165 Å². The number of rotatable bonds is 10. The van der Waals surface area contributed by atoms with Crippen LogP contribution in [-0.2, 0) is 37.8 Å². The number of nitriles is 1. The number of nitrogens with zero attached hydrogens (tertiary/aromatic N) is 4. The summed E-state index contributed by atoms with van der Waals surface area (Å²) in [5.41, 5.74) is 7.76. The van der Waals surface area contributed by atoms with E-state index in [1.807, 2.05) is 85.8 Å². The molecule has 2 amide bonds. The molecule has 1 N–H and O–H groups in total. The predicted octanol–water partition coefficient (Wildman–Crippen LogP) is 8.67.